The van der Waals surface area contributed by atoms with Crippen LogP contribution in [0.15, 0.2) is 4.52 Å². The van der Waals surface area contributed by atoms with Crippen LogP contribution in [0.2, 0.25) is 0 Å². The lowest BCUT2D eigenvalue weighted by Gasteiger charge is -2.63. The average molecular weight is 320 g/mol. The Morgan fingerprint density at radius 3 is 2.91 bits per heavy atom. The number of hydrogen-bond acceptors (Lipinski definition) is 5. The quantitative estimate of drug-likeness (QED) is 0.886. The maximum atomic E-state index is 12.5. The standard InChI is InChI=1S/C16H24N4O3/c1-3-11(14-17-9(2)23-20-14)18-15(21)19-12-10-5-8-22-13(10)16(12)6-4-7-16/h10-13H,3-8H2,1-2H3,(H2,18,19,21)/t10-,11-,12+,13-/m0/s1. The lowest BCUT2D eigenvalue weighted by molar-refractivity contribution is -0.172. The zero-order valence-electron chi connectivity index (χ0n) is 13.7. The van der Waals surface area contributed by atoms with Crippen LogP contribution in [0, 0.1) is 18.3 Å². The van der Waals surface area contributed by atoms with E-state index < -0.39 is 0 Å². The number of carbonyl (C=O) groups excluding carboxylic acids is 1. The first kappa shape index (κ1) is 14.9. The summed E-state index contributed by atoms with van der Waals surface area (Å²) in [5, 5.41) is 10.1. The van der Waals surface area contributed by atoms with Gasteiger partial charge in [0.25, 0.3) is 0 Å². The van der Waals surface area contributed by atoms with Crippen LogP contribution < -0.4 is 10.6 Å². The molecule has 2 aliphatic carbocycles. The summed E-state index contributed by atoms with van der Waals surface area (Å²) in [7, 11) is 0. The molecule has 4 atom stereocenters. The van der Waals surface area contributed by atoms with Crippen molar-refractivity contribution in [2.75, 3.05) is 6.61 Å². The van der Waals surface area contributed by atoms with Gasteiger partial charge < -0.3 is 19.9 Å². The third kappa shape index (κ3) is 2.24. The lowest BCUT2D eigenvalue weighted by Crippen LogP contribution is -2.72. The maximum Gasteiger partial charge on any atom is 0.315 e. The number of nitrogens with zero attached hydrogens (tertiary/aromatic N) is 2. The fraction of sp³-hybridized carbons (Fsp3) is 0.812. The van der Waals surface area contributed by atoms with E-state index in [4.69, 9.17) is 9.26 Å². The van der Waals surface area contributed by atoms with Crippen LogP contribution in [-0.2, 0) is 4.74 Å². The molecule has 2 N–H and O–H groups in total. The molecule has 1 spiro atoms. The predicted molar refractivity (Wildman–Crippen MR) is 81.7 cm³/mol. The summed E-state index contributed by atoms with van der Waals surface area (Å²) in [6, 6.07) is -0.116. The molecule has 0 unspecified atom stereocenters. The van der Waals surface area contributed by atoms with Crippen LogP contribution in [0.3, 0.4) is 0 Å². The molecule has 7 heteroatoms. The van der Waals surface area contributed by atoms with E-state index in [2.05, 4.69) is 20.8 Å². The molecule has 0 radical (unpaired) electrons. The van der Waals surface area contributed by atoms with E-state index in [0.717, 1.165) is 19.4 Å². The molecule has 1 aromatic heterocycles. The fourth-order valence-electron chi connectivity index (χ4n) is 4.60. The van der Waals surface area contributed by atoms with Gasteiger partial charge in [0.2, 0.25) is 5.89 Å². The molecule has 7 nitrogen and oxygen atoms in total. The van der Waals surface area contributed by atoms with E-state index in [-0.39, 0.29) is 23.5 Å². The smallest absolute Gasteiger partial charge is 0.315 e. The summed E-state index contributed by atoms with van der Waals surface area (Å²) in [5.41, 5.74) is 0.197. The normalized spacial score (nSPS) is 31.8. The molecular formula is C16H24N4O3. The summed E-state index contributed by atoms with van der Waals surface area (Å²) in [4.78, 5) is 16.7. The second-order valence-corrected chi connectivity index (χ2v) is 7.06. The van der Waals surface area contributed by atoms with E-state index in [0.29, 0.717) is 23.7 Å². The Bertz CT molecular complexity index is 598. The molecule has 2 saturated carbocycles. The van der Waals surface area contributed by atoms with E-state index in [1.807, 2.05) is 6.92 Å². The Balaban J connectivity index is 1.40. The molecule has 2 heterocycles. The minimum atomic E-state index is -0.222. The van der Waals surface area contributed by atoms with Crippen LogP contribution in [0.4, 0.5) is 4.79 Å². The summed E-state index contributed by atoms with van der Waals surface area (Å²) in [6.45, 7) is 4.57. The number of carbonyl (C=O) groups is 1. The Morgan fingerprint density at radius 1 is 1.48 bits per heavy atom. The van der Waals surface area contributed by atoms with Crippen molar-refractivity contribution in [2.45, 2.75) is 64.1 Å². The monoisotopic (exact) mass is 320 g/mol. The van der Waals surface area contributed by atoms with Gasteiger partial charge >= 0.3 is 6.03 Å². The number of hydrogen-bond donors (Lipinski definition) is 2. The Labute approximate surface area is 135 Å². The van der Waals surface area contributed by atoms with Crippen molar-refractivity contribution < 1.29 is 14.1 Å². The lowest BCUT2D eigenvalue weighted by atomic mass is 9.46. The molecule has 0 aromatic carbocycles. The SMILES string of the molecule is CC[C@H](NC(=O)N[C@@H]1[C@@H]2CCO[C@@H]2C12CCC2)c1noc(C)n1. The Morgan fingerprint density at radius 2 is 2.30 bits per heavy atom. The number of urea groups is 1. The molecule has 3 aliphatic rings. The summed E-state index contributed by atoms with van der Waals surface area (Å²) in [6.07, 6.45) is 5.71. The maximum absolute atomic E-state index is 12.5. The summed E-state index contributed by atoms with van der Waals surface area (Å²) in [5.74, 6) is 1.53. The highest BCUT2D eigenvalue weighted by atomic mass is 16.5. The molecular weight excluding hydrogens is 296 g/mol. The molecule has 2 amide bonds. The number of ether oxygens (including phenoxy) is 1. The number of nitrogens with one attached hydrogen (secondary N) is 2. The van der Waals surface area contributed by atoms with Gasteiger partial charge in [-0.3, -0.25) is 0 Å². The van der Waals surface area contributed by atoms with Crippen molar-refractivity contribution >= 4 is 6.03 Å². The van der Waals surface area contributed by atoms with Gasteiger partial charge in [0.1, 0.15) is 0 Å². The summed E-state index contributed by atoms with van der Waals surface area (Å²) < 4.78 is 10.9. The van der Waals surface area contributed by atoms with Crippen LogP contribution >= 0.6 is 0 Å². The number of aryl methyl sites for hydroxylation is 1. The highest BCUT2D eigenvalue weighted by Gasteiger charge is 2.67. The van der Waals surface area contributed by atoms with Crippen molar-refractivity contribution in [2.24, 2.45) is 11.3 Å². The third-order valence-corrected chi connectivity index (χ3v) is 5.89. The van der Waals surface area contributed by atoms with Gasteiger partial charge in [0, 0.05) is 30.9 Å². The number of fused-ring (bicyclic) bond motifs is 2. The van der Waals surface area contributed by atoms with Crippen molar-refractivity contribution in [3.05, 3.63) is 11.7 Å². The third-order valence-electron chi connectivity index (χ3n) is 5.89. The van der Waals surface area contributed by atoms with Gasteiger partial charge in [-0.05, 0) is 25.7 Å². The van der Waals surface area contributed by atoms with Crippen molar-refractivity contribution in [3.8, 4) is 0 Å². The van der Waals surface area contributed by atoms with Gasteiger partial charge in [-0.25, -0.2) is 4.79 Å². The Hall–Kier alpha value is -1.63. The molecule has 4 rings (SSSR count). The van der Waals surface area contributed by atoms with E-state index >= 15 is 0 Å². The van der Waals surface area contributed by atoms with Crippen molar-refractivity contribution in [3.63, 3.8) is 0 Å². The molecule has 3 fully saturated rings. The molecule has 126 valence electrons. The Kier molecular flexibility index (Phi) is 3.55. The largest absolute Gasteiger partial charge is 0.377 e. The highest BCUT2D eigenvalue weighted by molar-refractivity contribution is 5.75. The highest BCUT2D eigenvalue weighted by Crippen LogP contribution is 2.62. The molecule has 1 aromatic rings. The van der Waals surface area contributed by atoms with Crippen LogP contribution in [0.1, 0.15) is 56.8 Å². The average Bonchev–Trinajstić information content (AvgIpc) is 3.08. The number of amides is 2. The topological polar surface area (TPSA) is 89.3 Å². The molecule has 0 bridgehead atoms. The first-order valence-corrected chi connectivity index (χ1v) is 8.63. The van der Waals surface area contributed by atoms with E-state index in [1.165, 1.54) is 19.3 Å². The fourth-order valence-corrected chi connectivity index (χ4v) is 4.60. The van der Waals surface area contributed by atoms with Gasteiger partial charge in [0.15, 0.2) is 5.82 Å². The van der Waals surface area contributed by atoms with Gasteiger partial charge in [-0.15, -0.1) is 0 Å². The molecule has 1 aliphatic heterocycles. The van der Waals surface area contributed by atoms with E-state index in [9.17, 15) is 4.79 Å². The van der Waals surface area contributed by atoms with Crippen LogP contribution in [0.5, 0.6) is 0 Å². The minimum absolute atomic E-state index is 0.138. The zero-order chi connectivity index (χ0) is 16.0. The summed E-state index contributed by atoms with van der Waals surface area (Å²) >= 11 is 0. The first-order valence-electron chi connectivity index (χ1n) is 8.63. The van der Waals surface area contributed by atoms with Crippen molar-refractivity contribution in [1.82, 2.24) is 20.8 Å². The van der Waals surface area contributed by atoms with Gasteiger partial charge in [0.05, 0.1) is 12.1 Å². The van der Waals surface area contributed by atoms with Crippen LogP contribution in [-0.4, -0.2) is 34.9 Å². The zero-order valence-corrected chi connectivity index (χ0v) is 13.7. The second-order valence-electron chi connectivity index (χ2n) is 7.06. The number of rotatable bonds is 4. The molecule has 23 heavy (non-hydrogen) atoms. The molecule has 1 saturated heterocycles. The van der Waals surface area contributed by atoms with Gasteiger partial charge in [-0.2, -0.15) is 4.98 Å². The second kappa shape index (κ2) is 5.47. The minimum Gasteiger partial charge on any atom is -0.377 e. The van der Waals surface area contributed by atoms with Crippen LogP contribution in [0.25, 0.3) is 0 Å². The van der Waals surface area contributed by atoms with Crippen molar-refractivity contribution in [1.29, 1.82) is 0 Å². The van der Waals surface area contributed by atoms with Gasteiger partial charge in [-0.1, -0.05) is 18.5 Å². The predicted octanol–water partition coefficient (Wildman–Crippen LogP) is 2.09. The van der Waals surface area contributed by atoms with E-state index in [1.54, 1.807) is 6.92 Å². The first-order chi connectivity index (χ1) is 11.1. The number of aromatic nitrogens is 2.